The van der Waals surface area contributed by atoms with Gasteiger partial charge in [0.25, 0.3) is 0 Å². The van der Waals surface area contributed by atoms with Crippen LogP contribution < -0.4 is 0 Å². The molecular formula is C17H14O3. The van der Waals surface area contributed by atoms with Gasteiger partial charge in [0, 0.05) is 11.8 Å². The van der Waals surface area contributed by atoms with Crippen LogP contribution in [0.4, 0.5) is 0 Å². The number of para-hydroxylation sites is 1. The summed E-state index contributed by atoms with van der Waals surface area (Å²) in [5, 5.41) is 0.916. The van der Waals surface area contributed by atoms with E-state index in [1.54, 1.807) is 6.07 Å². The number of hydrogen-bond acceptors (Lipinski definition) is 3. The van der Waals surface area contributed by atoms with Gasteiger partial charge in [-0.1, -0.05) is 42.5 Å². The molecule has 0 amide bonds. The number of benzene rings is 2. The van der Waals surface area contributed by atoms with E-state index in [1.165, 1.54) is 12.7 Å². The van der Waals surface area contributed by atoms with Gasteiger partial charge < -0.3 is 9.15 Å². The Labute approximate surface area is 116 Å². The normalized spacial score (nSPS) is 10.7. The van der Waals surface area contributed by atoms with Crippen LogP contribution in [0.1, 0.15) is 21.7 Å². The molecule has 1 heterocycles. The van der Waals surface area contributed by atoms with Crippen LogP contribution in [0.3, 0.4) is 0 Å². The lowest BCUT2D eigenvalue weighted by Crippen LogP contribution is -2.00. The fourth-order valence-electron chi connectivity index (χ4n) is 2.27. The van der Waals surface area contributed by atoms with Gasteiger partial charge in [0.2, 0.25) is 0 Å². The number of ether oxygens (including phenoxy) is 1. The van der Waals surface area contributed by atoms with E-state index in [0.717, 1.165) is 11.1 Å². The minimum atomic E-state index is -0.379. The second-order valence-electron chi connectivity index (χ2n) is 4.59. The summed E-state index contributed by atoms with van der Waals surface area (Å²) in [6, 6.07) is 17.5. The van der Waals surface area contributed by atoms with Crippen molar-refractivity contribution >= 4 is 16.9 Å². The molecule has 0 bridgehead atoms. The van der Waals surface area contributed by atoms with Gasteiger partial charge in [-0.15, -0.1) is 0 Å². The van der Waals surface area contributed by atoms with E-state index in [0.29, 0.717) is 17.6 Å². The summed E-state index contributed by atoms with van der Waals surface area (Å²) in [6.07, 6.45) is 0.704. The highest BCUT2D eigenvalue weighted by atomic mass is 16.5. The van der Waals surface area contributed by atoms with Gasteiger partial charge in [0.05, 0.1) is 7.11 Å². The molecule has 0 aliphatic carbocycles. The third-order valence-electron chi connectivity index (χ3n) is 3.22. The first-order valence-corrected chi connectivity index (χ1v) is 6.41. The molecule has 0 aliphatic heterocycles. The van der Waals surface area contributed by atoms with E-state index in [9.17, 15) is 4.79 Å². The summed E-state index contributed by atoms with van der Waals surface area (Å²) in [6.45, 7) is 0. The first kappa shape index (κ1) is 12.5. The lowest BCUT2D eigenvalue weighted by Gasteiger charge is -1.99. The Balaban J connectivity index is 2.00. The largest absolute Gasteiger partial charge is 0.465 e. The lowest BCUT2D eigenvalue weighted by molar-refractivity contribution is 0.0601. The van der Waals surface area contributed by atoms with Crippen molar-refractivity contribution in [1.82, 2.24) is 0 Å². The maximum absolute atomic E-state index is 11.7. The Bertz CT molecular complexity index is 741. The molecule has 0 atom stereocenters. The molecular weight excluding hydrogens is 252 g/mol. The molecule has 0 N–H and O–H groups in total. The molecule has 3 rings (SSSR count). The van der Waals surface area contributed by atoms with Crippen LogP contribution >= 0.6 is 0 Å². The van der Waals surface area contributed by atoms with Crippen LogP contribution in [0, 0.1) is 0 Å². The Morgan fingerprint density at radius 3 is 2.65 bits per heavy atom. The van der Waals surface area contributed by atoms with Crippen LogP contribution in [0.2, 0.25) is 0 Å². The molecule has 0 radical (unpaired) electrons. The van der Waals surface area contributed by atoms with Gasteiger partial charge in [0.1, 0.15) is 16.9 Å². The molecule has 20 heavy (non-hydrogen) atoms. The number of rotatable bonds is 3. The van der Waals surface area contributed by atoms with Crippen molar-refractivity contribution in [2.75, 3.05) is 7.11 Å². The smallest absolute Gasteiger partial charge is 0.341 e. The molecule has 3 heteroatoms. The van der Waals surface area contributed by atoms with Crippen LogP contribution in [0.25, 0.3) is 11.0 Å². The van der Waals surface area contributed by atoms with E-state index in [2.05, 4.69) is 12.1 Å². The Hall–Kier alpha value is -2.55. The van der Waals surface area contributed by atoms with E-state index < -0.39 is 0 Å². The lowest BCUT2D eigenvalue weighted by atomic mass is 10.1. The van der Waals surface area contributed by atoms with Gasteiger partial charge in [-0.3, -0.25) is 0 Å². The van der Waals surface area contributed by atoms with E-state index in [4.69, 9.17) is 9.15 Å². The molecule has 100 valence electrons. The highest BCUT2D eigenvalue weighted by Crippen LogP contribution is 2.25. The Morgan fingerprint density at radius 1 is 1.10 bits per heavy atom. The highest BCUT2D eigenvalue weighted by Gasteiger charge is 2.14. The number of hydrogen-bond donors (Lipinski definition) is 0. The topological polar surface area (TPSA) is 39.4 Å². The fourth-order valence-corrected chi connectivity index (χ4v) is 2.27. The molecule has 0 unspecified atom stereocenters. The first-order valence-electron chi connectivity index (χ1n) is 6.41. The maximum atomic E-state index is 11.7. The van der Waals surface area contributed by atoms with Crippen LogP contribution in [0.15, 0.2) is 59.0 Å². The van der Waals surface area contributed by atoms with E-state index in [-0.39, 0.29) is 5.97 Å². The second kappa shape index (κ2) is 5.21. The van der Waals surface area contributed by atoms with Crippen LogP contribution in [-0.2, 0) is 11.2 Å². The number of carbonyl (C=O) groups excluding carboxylic acids is 1. The van der Waals surface area contributed by atoms with Crippen molar-refractivity contribution in [2.24, 2.45) is 0 Å². The van der Waals surface area contributed by atoms with Crippen molar-refractivity contribution in [1.29, 1.82) is 0 Å². The molecule has 0 aliphatic rings. The average Bonchev–Trinajstić information content (AvgIpc) is 2.89. The number of methoxy groups -OCH3 is 1. The minimum absolute atomic E-state index is 0.379. The van der Waals surface area contributed by atoms with Crippen molar-refractivity contribution in [3.05, 3.63) is 71.5 Å². The van der Waals surface area contributed by atoms with Crippen molar-refractivity contribution < 1.29 is 13.9 Å². The summed E-state index contributed by atoms with van der Waals surface area (Å²) in [4.78, 5) is 11.7. The number of furan rings is 1. The van der Waals surface area contributed by atoms with Crippen LogP contribution in [-0.4, -0.2) is 13.1 Å². The third-order valence-corrected chi connectivity index (χ3v) is 3.22. The summed E-state index contributed by atoms with van der Waals surface area (Å²) < 4.78 is 10.6. The molecule has 2 aromatic carbocycles. The highest BCUT2D eigenvalue weighted by molar-refractivity contribution is 6.02. The fraction of sp³-hybridized carbons (Fsp3) is 0.118. The van der Waals surface area contributed by atoms with E-state index >= 15 is 0 Å². The zero-order valence-electron chi connectivity index (χ0n) is 11.1. The number of carbonyl (C=O) groups is 1. The van der Waals surface area contributed by atoms with Gasteiger partial charge in [-0.2, -0.15) is 0 Å². The van der Waals surface area contributed by atoms with Crippen molar-refractivity contribution in [3.63, 3.8) is 0 Å². The monoisotopic (exact) mass is 266 g/mol. The summed E-state index contributed by atoms with van der Waals surface area (Å²) in [7, 11) is 1.37. The van der Waals surface area contributed by atoms with Gasteiger partial charge in [-0.05, 0) is 17.7 Å². The van der Waals surface area contributed by atoms with Crippen molar-refractivity contribution in [2.45, 2.75) is 6.42 Å². The number of esters is 1. The Kier molecular flexibility index (Phi) is 3.25. The summed E-state index contributed by atoms with van der Waals surface area (Å²) >= 11 is 0. The molecule has 0 saturated heterocycles. The maximum Gasteiger partial charge on any atom is 0.341 e. The molecule has 3 aromatic rings. The predicted octanol–water partition coefficient (Wildman–Crippen LogP) is 3.81. The molecule has 0 spiro atoms. The molecule has 0 saturated carbocycles. The van der Waals surface area contributed by atoms with Gasteiger partial charge >= 0.3 is 5.97 Å². The minimum Gasteiger partial charge on any atom is -0.465 e. The second-order valence-corrected chi connectivity index (χ2v) is 4.59. The number of fused-ring (bicyclic) bond motifs is 1. The molecule has 1 aromatic heterocycles. The molecule has 3 nitrogen and oxygen atoms in total. The summed E-state index contributed by atoms with van der Waals surface area (Å²) in [5.74, 6) is 0.457. The zero-order valence-corrected chi connectivity index (χ0v) is 11.1. The Morgan fingerprint density at radius 2 is 1.90 bits per heavy atom. The summed E-state index contributed by atoms with van der Waals surface area (Å²) in [5.41, 5.74) is 2.22. The van der Waals surface area contributed by atoms with E-state index in [1.807, 2.05) is 36.4 Å². The van der Waals surface area contributed by atoms with Gasteiger partial charge in [-0.25, -0.2) is 4.79 Å². The molecule has 0 fully saturated rings. The zero-order chi connectivity index (χ0) is 13.9. The van der Waals surface area contributed by atoms with Gasteiger partial charge in [0.15, 0.2) is 0 Å². The third kappa shape index (κ3) is 2.30. The van der Waals surface area contributed by atoms with Crippen LogP contribution in [0.5, 0.6) is 0 Å². The average molecular weight is 266 g/mol. The first-order chi connectivity index (χ1) is 9.78. The quantitative estimate of drug-likeness (QED) is 0.677. The predicted molar refractivity (Wildman–Crippen MR) is 76.8 cm³/mol. The SMILES string of the molecule is COC(=O)c1cccc2cc(Cc3ccccc3)oc12. The standard InChI is InChI=1S/C17H14O3/c1-19-17(18)15-9-5-8-13-11-14(20-16(13)15)10-12-6-3-2-4-7-12/h2-9,11H,10H2,1H3. The van der Waals surface area contributed by atoms with Crippen molar-refractivity contribution in [3.8, 4) is 0 Å².